The van der Waals surface area contributed by atoms with E-state index in [1.54, 1.807) is 0 Å². The molecule has 0 aliphatic rings. The van der Waals surface area contributed by atoms with E-state index in [0.717, 1.165) is 13.1 Å². The first-order chi connectivity index (χ1) is 8.89. The molecule has 0 unspecified atom stereocenters. The summed E-state index contributed by atoms with van der Waals surface area (Å²) >= 11 is 0. The van der Waals surface area contributed by atoms with Crippen LogP contribution in [0, 0.1) is 0 Å². The van der Waals surface area contributed by atoms with Crippen LogP contribution in [0.2, 0.25) is 0 Å². The summed E-state index contributed by atoms with van der Waals surface area (Å²) in [5, 5.41) is 3.52. The molecule has 2 heteroatoms. The molecule has 2 nitrogen and oxygen atoms in total. The van der Waals surface area contributed by atoms with Crippen LogP contribution >= 0.6 is 0 Å². The van der Waals surface area contributed by atoms with Gasteiger partial charge in [0.05, 0.1) is 0 Å². The predicted octanol–water partition coefficient (Wildman–Crippen LogP) is 3.42. The fourth-order valence-corrected chi connectivity index (χ4v) is 2.03. The average molecular weight is 262 g/mol. The Balaban J connectivity index is 2.23. The van der Waals surface area contributed by atoms with Crippen molar-refractivity contribution >= 4 is 0 Å². The summed E-state index contributed by atoms with van der Waals surface area (Å²) in [6.07, 6.45) is 2.52. The van der Waals surface area contributed by atoms with Gasteiger partial charge in [0.1, 0.15) is 0 Å². The molecule has 0 saturated heterocycles. The van der Waals surface area contributed by atoms with Gasteiger partial charge in [0, 0.05) is 6.54 Å². The second-order valence-electron chi connectivity index (χ2n) is 6.63. The number of benzene rings is 1. The summed E-state index contributed by atoms with van der Waals surface area (Å²) in [6, 6.07) is 8.99. The smallest absolute Gasteiger partial charge is 0.0205 e. The van der Waals surface area contributed by atoms with Crippen molar-refractivity contribution in [3.8, 4) is 0 Å². The third-order valence-electron chi connectivity index (χ3n) is 3.36. The van der Waals surface area contributed by atoms with E-state index < -0.39 is 0 Å². The maximum Gasteiger partial charge on any atom is 0.0205 e. The molecule has 0 spiro atoms. The van der Waals surface area contributed by atoms with Crippen LogP contribution in [0.5, 0.6) is 0 Å². The molecule has 19 heavy (non-hydrogen) atoms. The van der Waals surface area contributed by atoms with Crippen molar-refractivity contribution in [2.75, 3.05) is 27.2 Å². The standard InChI is InChI=1S/C17H30N2/c1-17(2,3)16-10-8-15(9-11-16)14-18-12-6-7-13-19(4)5/h8-11,18H,6-7,12-14H2,1-5H3. The predicted molar refractivity (Wildman–Crippen MR) is 84.6 cm³/mol. The maximum atomic E-state index is 3.52. The molecule has 1 rings (SSSR count). The van der Waals surface area contributed by atoms with Gasteiger partial charge in [-0.25, -0.2) is 0 Å². The average Bonchev–Trinajstić information content (AvgIpc) is 2.32. The molecule has 1 N–H and O–H groups in total. The van der Waals surface area contributed by atoms with Gasteiger partial charge in [0.25, 0.3) is 0 Å². The molecule has 108 valence electrons. The Kier molecular flexibility index (Phi) is 6.53. The lowest BCUT2D eigenvalue weighted by atomic mass is 9.87. The Morgan fingerprint density at radius 1 is 1.00 bits per heavy atom. The Hall–Kier alpha value is -0.860. The molecule has 0 amide bonds. The maximum absolute atomic E-state index is 3.52. The molecule has 1 aromatic rings. The Labute approximate surface area is 119 Å². The van der Waals surface area contributed by atoms with E-state index >= 15 is 0 Å². The lowest BCUT2D eigenvalue weighted by Gasteiger charge is -2.19. The Morgan fingerprint density at radius 2 is 1.63 bits per heavy atom. The molecule has 1 aromatic carbocycles. The van der Waals surface area contributed by atoms with Crippen LogP contribution in [0.4, 0.5) is 0 Å². The van der Waals surface area contributed by atoms with Gasteiger partial charge in [-0.2, -0.15) is 0 Å². The zero-order valence-corrected chi connectivity index (χ0v) is 13.3. The van der Waals surface area contributed by atoms with E-state index in [4.69, 9.17) is 0 Å². The minimum absolute atomic E-state index is 0.248. The fourth-order valence-electron chi connectivity index (χ4n) is 2.03. The number of nitrogens with one attached hydrogen (secondary N) is 1. The number of nitrogens with zero attached hydrogens (tertiary/aromatic N) is 1. The SMILES string of the molecule is CN(C)CCCCNCc1ccc(C(C)(C)C)cc1. The first-order valence-electron chi connectivity index (χ1n) is 7.34. The van der Waals surface area contributed by atoms with Crippen LogP contribution in [-0.2, 0) is 12.0 Å². The van der Waals surface area contributed by atoms with Crippen LogP contribution in [0.3, 0.4) is 0 Å². The van der Waals surface area contributed by atoms with Crippen LogP contribution in [0.15, 0.2) is 24.3 Å². The van der Waals surface area contributed by atoms with Crippen molar-refractivity contribution < 1.29 is 0 Å². The van der Waals surface area contributed by atoms with Gasteiger partial charge in [-0.1, -0.05) is 45.0 Å². The fraction of sp³-hybridized carbons (Fsp3) is 0.647. The second-order valence-corrected chi connectivity index (χ2v) is 6.63. The van der Waals surface area contributed by atoms with Crippen molar-refractivity contribution in [3.05, 3.63) is 35.4 Å². The summed E-state index contributed by atoms with van der Waals surface area (Å²) in [4.78, 5) is 2.24. The van der Waals surface area contributed by atoms with Gasteiger partial charge >= 0.3 is 0 Å². The highest BCUT2D eigenvalue weighted by atomic mass is 15.0. The quantitative estimate of drug-likeness (QED) is 0.758. The Morgan fingerprint density at radius 3 is 2.16 bits per heavy atom. The summed E-state index contributed by atoms with van der Waals surface area (Å²) in [5.74, 6) is 0. The third-order valence-corrected chi connectivity index (χ3v) is 3.36. The number of hydrogen-bond acceptors (Lipinski definition) is 2. The topological polar surface area (TPSA) is 15.3 Å². The minimum atomic E-state index is 0.248. The van der Waals surface area contributed by atoms with E-state index in [0.29, 0.717) is 0 Å². The van der Waals surface area contributed by atoms with Gasteiger partial charge in [-0.3, -0.25) is 0 Å². The van der Waals surface area contributed by atoms with E-state index in [1.165, 1.54) is 30.5 Å². The van der Waals surface area contributed by atoms with Crippen LogP contribution in [-0.4, -0.2) is 32.1 Å². The zero-order valence-electron chi connectivity index (χ0n) is 13.3. The van der Waals surface area contributed by atoms with Crippen molar-refractivity contribution in [2.24, 2.45) is 0 Å². The lowest BCUT2D eigenvalue weighted by Crippen LogP contribution is -2.18. The monoisotopic (exact) mass is 262 g/mol. The van der Waals surface area contributed by atoms with Crippen LogP contribution in [0.1, 0.15) is 44.7 Å². The molecule has 0 aliphatic heterocycles. The van der Waals surface area contributed by atoms with Gasteiger partial charge in [0.2, 0.25) is 0 Å². The third kappa shape index (κ3) is 6.74. The van der Waals surface area contributed by atoms with Gasteiger partial charge in [-0.05, 0) is 56.6 Å². The van der Waals surface area contributed by atoms with Crippen molar-refractivity contribution in [3.63, 3.8) is 0 Å². The number of unbranched alkanes of at least 4 members (excludes halogenated alkanes) is 1. The molecule has 0 radical (unpaired) electrons. The van der Waals surface area contributed by atoms with E-state index in [1.807, 2.05) is 0 Å². The van der Waals surface area contributed by atoms with Crippen molar-refractivity contribution in [1.82, 2.24) is 10.2 Å². The molecule has 0 fully saturated rings. The minimum Gasteiger partial charge on any atom is -0.313 e. The largest absolute Gasteiger partial charge is 0.313 e. The molecule has 0 heterocycles. The van der Waals surface area contributed by atoms with Crippen molar-refractivity contribution in [1.29, 1.82) is 0 Å². The van der Waals surface area contributed by atoms with E-state index in [9.17, 15) is 0 Å². The van der Waals surface area contributed by atoms with Gasteiger partial charge in [0.15, 0.2) is 0 Å². The van der Waals surface area contributed by atoms with Gasteiger partial charge < -0.3 is 10.2 Å². The van der Waals surface area contributed by atoms with Gasteiger partial charge in [-0.15, -0.1) is 0 Å². The Bertz CT molecular complexity index is 347. The highest BCUT2D eigenvalue weighted by Gasteiger charge is 2.12. The number of rotatable bonds is 7. The summed E-state index contributed by atoms with van der Waals surface area (Å²) in [5.41, 5.74) is 3.03. The van der Waals surface area contributed by atoms with Crippen LogP contribution < -0.4 is 5.32 Å². The first-order valence-corrected chi connectivity index (χ1v) is 7.34. The zero-order chi connectivity index (χ0) is 14.3. The molecule has 0 atom stereocenters. The molecule has 0 saturated carbocycles. The highest BCUT2D eigenvalue weighted by molar-refractivity contribution is 5.27. The number of hydrogen-bond donors (Lipinski definition) is 1. The lowest BCUT2D eigenvalue weighted by molar-refractivity contribution is 0.391. The van der Waals surface area contributed by atoms with Crippen molar-refractivity contribution in [2.45, 2.75) is 45.6 Å². The first kappa shape index (κ1) is 16.2. The normalized spacial score (nSPS) is 12.1. The summed E-state index contributed by atoms with van der Waals surface area (Å²) in [7, 11) is 4.26. The van der Waals surface area contributed by atoms with E-state index in [-0.39, 0.29) is 5.41 Å². The van der Waals surface area contributed by atoms with E-state index in [2.05, 4.69) is 69.3 Å². The molecule has 0 aliphatic carbocycles. The summed E-state index contributed by atoms with van der Waals surface area (Å²) < 4.78 is 0. The van der Waals surface area contributed by atoms with Crippen LogP contribution in [0.25, 0.3) is 0 Å². The highest BCUT2D eigenvalue weighted by Crippen LogP contribution is 2.22. The molecular weight excluding hydrogens is 232 g/mol. The molecule has 0 bridgehead atoms. The second kappa shape index (κ2) is 7.66. The molecular formula is C17H30N2. The summed E-state index contributed by atoms with van der Waals surface area (Å²) in [6.45, 7) is 10.0. The molecule has 0 aromatic heterocycles.